The first-order valence-electron chi connectivity index (χ1n) is 2.84. The molecule has 0 amide bonds. The van der Waals surface area contributed by atoms with Gasteiger partial charge >= 0.3 is 0 Å². The second-order valence-electron chi connectivity index (χ2n) is 1.94. The molecular formula is C6H12Cl3N3. The van der Waals surface area contributed by atoms with Crippen LogP contribution < -0.4 is 5.73 Å². The second-order valence-corrected chi connectivity index (χ2v) is 1.94. The summed E-state index contributed by atoms with van der Waals surface area (Å²) in [6.07, 6.45) is 1.63. The molecule has 1 aromatic rings. The zero-order chi connectivity index (χ0) is 6.69. The molecule has 1 atom stereocenters. The molecule has 0 aromatic carbocycles. The van der Waals surface area contributed by atoms with Crippen LogP contribution in [0.4, 0.5) is 0 Å². The summed E-state index contributed by atoms with van der Waals surface area (Å²) >= 11 is 0. The fraction of sp³-hybridized carbons (Fsp3) is 0.333. The summed E-state index contributed by atoms with van der Waals surface area (Å²) < 4.78 is 0. The average molecular weight is 233 g/mol. The Bertz CT molecular complexity index is 181. The van der Waals surface area contributed by atoms with Crippen LogP contribution in [0.5, 0.6) is 0 Å². The molecule has 0 aliphatic heterocycles. The Labute approximate surface area is 90.4 Å². The van der Waals surface area contributed by atoms with Crippen LogP contribution >= 0.6 is 37.2 Å². The first-order chi connectivity index (χ1) is 4.30. The van der Waals surface area contributed by atoms with Crippen molar-refractivity contribution in [3.05, 3.63) is 24.0 Å². The number of halogens is 3. The fourth-order valence-electron chi connectivity index (χ4n) is 0.556. The minimum absolute atomic E-state index is 0. The van der Waals surface area contributed by atoms with Gasteiger partial charge in [-0.05, 0) is 19.1 Å². The normalized spacial score (nSPS) is 9.83. The Kier molecular flexibility index (Phi) is 13.4. The van der Waals surface area contributed by atoms with Gasteiger partial charge in [-0.1, -0.05) is 0 Å². The molecule has 0 saturated heterocycles. The second kappa shape index (κ2) is 9.00. The highest BCUT2D eigenvalue weighted by Gasteiger charge is 1.96. The summed E-state index contributed by atoms with van der Waals surface area (Å²) in [7, 11) is 0. The summed E-state index contributed by atoms with van der Waals surface area (Å²) in [5, 5.41) is 7.48. The van der Waals surface area contributed by atoms with Gasteiger partial charge in [0.15, 0.2) is 0 Å². The number of rotatable bonds is 1. The topological polar surface area (TPSA) is 51.8 Å². The van der Waals surface area contributed by atoms with Crippen molar-refractivity contribution in [3.8, 4) is 0 Å². The van der Waals surface area contributed by atoms with Crippen LogP contribution in [0.2, 0.25) is 0 Å². The molecule has 0 radical (unpaired) electrons. The van der Waals surface area contributed by atoms with Gasteiger partial charge in [-0.25, -0.2) is 0 Å². The van der Waals surface area contributed by atoms with Crippen molar-refractivity contribution in [2.75, 3.05) is 0 Å². The summed E-state index contributed by atoms with van der Waals surface area (Å²) in [4.78, 5) is 0. The molecule has 1 heterocycles. The van der Waals surface area contributed by atoms with Gasteiger partial charge in [0.05, 0.1) is 5.69 Å². The molecule has 1 rings (SSSR count). The maximum atomic E-state index is 5.51. The van der Waals surface area contributed by atoms with Crippen LogP contribution in [0.15, 0.2) is 18.3 Å². The van der Waals surface area contributed by atoms with Crippen molar-refractivity contribution in [2.24, 2.45) is 5.73 Å². The van der Waals surface area contributed by atoms with Crippen molar-refractivity contribution in [3.63, 3.8) is 0 Å². The van der Waals surface area contributed by atoms with Crippen LogP contribution in [-0.2, 0) is 0 Å². The Morgan fingerprint density at radius 2 is 1.92 bits per heavy atom. The highest BCUT2D eigenvalue weighted by atomic mass is 35.5. The van der Waals surface area contributed by atoms with Gasteiger partial charge in [0, 0.05) is 12.2 Å². The minimum atomic E-state index is -0.0151. The van der Waals surface area contributed by atoms with Crippen molar-refractivity contribution < 1.29 is 0 Å². The van der Waals surface area contributed by atoms with Crippen LogP contribution in [0.1, 0.15) is 18.7 Å². The lowest BCUT2D eigenvalue weighted by molar-refractivity contribution is 0.752. The van der Waals surface area contributed by atoms with Gasteiger partial charge in [0.2, 0.25) is 0 Å². The van der Waals surface area contributed by atoms with E-state index in [0.717, 1.165) is 5.69 Å². The predicted molar refractivity (Wildman–Crippen MR) is 56.4 cm³/mol. The van der Waals surface area contributed by atoms with Crippen molar-refractivity contribution >= 4 is 37.2 Å². The quantitative estimate of drug-likeness (QED) is 0.803. The number of nitrogens with two attached hydrogens (primary N) is 1. The molecule has 6 heteroatoms. The standard InChI is InChI=1S/C6H9N3.3ClH/c1-5(7)6-3-2-4-8-9-6;;;/h2-5H,7H2,1H3;3*1H. The van der Waals surface area contributed by atoms with Crippen LogP contribution in [-0.4, -0.2) is 10.2 Å². The van der Waals surface area contributed by atoms with E-state index in [1.807, 2.05) is 19.1 Å². The summed E-state index contributed by atoms with van der Waals surface area (Å²) in [5.74, 6) is 0. The first kappa shape index (κ1) is 17.9. The van der Waals surface area contributed by atoms with E-state index in [9.17, 15) is 0 Å². The lowest BCUT2D eigenvalue weighted by atomic mass is 10.2. The van der Waals surface area contributed by atoms with E-state index in [0.29, 0.717) is 0 Å². The van der Waals surface area contributed by atoms with Gasteiger partial charge in [-0.15, -0.1) is 37.2 Å². The van der Waals surface area contributed by atoms with Crippen LogP contribution in [0, 0.1) is 0 Å². The summed E-state index contributed by atoms with van der Waals surface area (Å²) in [6, 6.07) is 3.67. The Hall–Kier alpha value is -0.0900. The Morgan fingerprint density at radius 3 is 2.17 bits per heavy atom. The van der Waals surface area contributed by atoms with Gasteiger partial charge in [0.1, 0.15) is 0 Å². The maximum Gasteiger partial charge on any atom is 0.0795 e. The smallest absolute Gasteiger partial charge is 0.0795 e. The lowest BCUT2D eigenvalue weighted by Crippen LogP contribution is -2.07. The van der Waals surface area contributed by atoms with E-state index >= 15 is 0 Å². The molecule has 0 aliphatic carbocycles. The summed E-state index contributed by atoms with van der Waals surface area (Å²) in [5.41, 5.74) is 6.34. The highest BCUT2D eigenvalue weighted by Crippen LogP contribution is 2.00. The van der Waals surface area contributed by atoms with Gasteiger partial charge in [-0.2, -0.15) is 10.2 Å². The summed E-state index contributed by atoms with van der Waals surface area (Å²) in [6.45, 7) is 1.88. The molecule has 1 unspecified atom stereocenters. The monoisotopic (exact) mass is 231 g/mol. The fourth-order valence-corrected chi connectivity index (χ4v) is 0.556. The van der Waals surface area contributed by atoms with Crippen LogP contribution in [0.25, 0.3) is 0 Å². The molecule has 2 N–H and O–H groups in total. The van der Waals surface area contributed by atoms with E-state index in [4.69, 9.17) is 5.73 Å². The third-order valence-electron chi connectivity index (χ3n) is 1.06. The Morgan fingerprint density at radius 1 is 1.33 bits per heavy atom. The number of hydrogen-bond acceptors (Lipinski definition) is 3. The number of aromatic nitrogens is 2. The molecule has 1 aromatic heterocycles. The molecule has 0 spiro atoms. The van der Waals surface area contributed by atoms with Crippen molar-refractivity contribution in [1.82, 2.24) is 10.2 Å². The minimum Gasteiger partial charge on any atom is -0.323 e. The molecule has 0 bridgehead atoms. The average Bonchev–Trinajstić information content (AvgIpc) is 1.90. The number of hydrogen-bond donors (Lipinski definition) is 1. The first-order valence-corrected chi connectivity index (χ1v) is 2.84. The third-order valence-corrected chi connectivity index (χ3v) is 1.06. The molecule has 0 saturated carbocycles. The van der Waals surface area contributed by atoms with Gasteiger partial charge in [-0.3, -0.25) is 0 Å². The SMILES string of the molecule is CC(N)c1cccnn1.Cl.Cl.Cl. The van der Waals surface area contributed by atoms with Crippen molar-refractivity contribution in [1.29, 1.82) is 0 Å². The number of nitrogens with zero attached hydrogens (tertiary/aromatic N) is 2. The molecule has 0 fully saturated rings. The molecule has 12 heavy (non-hydrogen) atoms. The molecule has 0 aliphatic rings. The zero-order valence-electron chi connectivity index (χ0n) is 6.51. The molecule has 72 valence electrons. The highest BCUT2D eigenvalue weighted by molar-refractivity contribution is 5.86. The predicted octanol–water partition coefficient (Wildman–Crippen LogP) is 1.76. The lowest BCUT2D eigenvalue weighted by Gasteiger charge is -1.99. The van der Waals surface area contributed by atoms with Gasteiger partial charge in [0.25, 0.3) is 0 Å². The van der Waals surface area contributed by atoms with E-state index in [1.165, 1.54) is 0 Å². The van der Waals surface area contributed by atoms with E-state index in [2.05, 4.69) is 10.2 Å². The zero-order valence-corrected chi connectivity index (χ0v) is 8.96. The van der Waals surface area contributed by atoms with Crippen LogP contribution in [0.3, 0.4) is 0 Å². The Balaban J connectivity index is -0.000000270. The van der Waals surface area contributed by atoms with Gasteiger partial charge < -0.3 is 5.73 Å². The van der Waals surface area contributed by atoms with Crippen molar-refractivity contribution in [2.45, 2.75) is 13.0 Å². The largest absolute Gasteiger partial charge is 0.323 e. The molecule has 3 nitrogen and oxygen atoms in total. The molecular weight excluding hydrogens is 220 g/mol. The third kappa shape index (κ3) is 5.55. The van der Waals surface area contributed by atoms with E-state index in [1.54, 1.807) is 6.20 Å². The van der Waals surface area contributed by atoms with E-state index in [-0.39, 0.29) is 43.3 Å². The van der Waals surface area contributed by atoms with E-state index < -0.39 is 0 Å². The maximum absolute atomic E-state index is 5.51.